The Bertz CT molecular complexity index is 401. The lowest BCUT2D eigenvalue weighted by Gasteiger charge is -2.32. The summed E-state index contributed by atoms with van der Waals surface area (Å²) in [5, 5.41) is 3.93. The van der Waals surface area contributed by atoms with Crippen LogP contribution in [0.1, 0.15) is 5.69 Å². The first-order valence-corrected chi connectivity index (χ1v) is 6.24. The van der Waals surface area contributed by atoms with E-state index in [9.17, 15) is 4.79 Å². The van der Waals surface area contributed by atoms with Gasteiger partial charge in [0.05, 0.1) is 20.3 Å². The lowest BCUT2D eigenvalue weighted by Crippen LogP contribution is -2.49. The van der Waals surface area contributed by atoms with Gasteiger partial charge in [0.15, 0.2) is 0 Å². The minimum absolute atomic E-state index is 0.302. The second-order valence-corrected chi connectivity index (χ2v) is 4.93. The average Bonchev–Trinajstić information content (AvgIpc) is 2.75. The number of halogens is 1. The molecule has 0 saturated carbocycles. The molecule has 94 valence electrons. The van der Waals surface area contributed by atoms with E-state index in [-0.39, 0.29) is 5.97 Å². The molecule has 1 saturated heterocycles. The third-order valence-electron chi connectivity index (χ3n) is 2.57. The van der Waals surface area contributed by atoms with Crippen molar-refractivity contribution in [1.82, 2.24) is 14.5 Å². The predicted octanol–water partition coefficient (Wildman–Crippen LogP) is 0.565. The van der Waals surface area contributed by atoms with Crippen LogP contribution in [0.4, 0.5) is 0 Å². The van der Waals surface area contributed by atoms with E-state index in [0.717, 1.165) is 11.5 Å². The smallest absolute Gasteiger partial charge is 0.325 e. The highest BCUT2D eigenvalue weighted by Crippen LogP contribution is 2.21. The number of hydrogen-bond acceptors (Lipinski definition) is 7. The molecule has 0 aliphatic carbocycles. The first-order valence-electron chi connectivity index (χ1n) is 5.08. The van der Waals surface area contributed by atoms with Crippen LogP contribution in [-0.4, -0.2) is 53.4 Å². The first kappa shape index (κ1) is 12.7. The van der Waals surface area contributed by atoms with Crippen LogP contribution in [0.25, 0.3) is 0 Å². The van der Waals surface area contributed by atoms with E-state index in [0.29, 0.717) is 36.3 Å². The zero-order valence-corrected chi connectivity index (χ0v) is 10.8. The highest BCUT2D eigenvalue weighted by molar-refractivity contribution is 7.10. The maximum absolute atomic E-state index is 11.6. The van der Waals surface area contributed by atoms with Gasteiger partial charge in [-0.15, -0.1) is 5.10 Å². The number of esters is 1. The van der Waals surface area contributed by atoms with Crippen molar-refractivity contribution in [2.75, 3.05) is 26.9 Å². The summed E-state index contributed by atoms with van der Waals surface area (Å²) in [5.41, 5.74) is 0.687. The van der Waals surface area contributed by atoms with Crippen molar-refractivity contribution in [3.05, 3.63) is 10.0 Å². The van der Waals surface area contributed by atoms with Crippen molar-refractivity contribution >= 4 is 29.1 Å². The van der Waals surface area contributed by atoms with Crippen LogP contribution in [0.2, 0.25) is 4.34 Å². The van der Waals surface area contributed by atoms with Gasteiger partial charge in [0.1, 0.15) is 16.1 Å². The van der Waals surface area contributed by atoms with Gasteiger partial charge in [0.2, 0.25) is 0 Å². The highest BCUT2D eigenvalue weighted by atomic mass is 35.5. The van der Waals surface area contributed by atoms with Gasteiger partial charge in [-0.05, 0) is 0 Å². The van der Waals surface area contributed by atoms with Crippen molar-refractivity contribution in [3.8, 4) is 0 Å². The van der Waals surface area contributed by atoms with Crippen molar-refractivity contribution in [2.45, 2.75) is 12.6 Å². The van der Waals surface area contributed by atoms with Crippen LogP contribution in [0.5, 0.6) is 0 Å². The Hall–Kier alpha value is -0.760. The number of nitrogens with zero attached hydrogens (tertiary/aromatic N) is 3. The van der Waals surface area contributed by atoms with E-state index in [4.69, 9.17) is 21.1 Å². The third kappa shape index (κ3) is 2.92. The van der Waals surface area contributed by atoms with E-state index in [1.807, 2.05) is 4.90 Å². The molecule has 1 aliphatic heterocycles. The minimum atomic E-state index is -0.397. The molecule has 0 amide bonds. The van der Waals surface area contributed by atoms with E-state index < -0.39 is 6.04 Å². The molecule has 1 aliphatic rings. The fourth-order valence-electron chi connectivity index (χ4n) is 1.66. The Morgan fingerprint density at radius 2 is 2.59 bits per heavy atom. The Morgan fingerprint density at radius 1 is 1.76 bits per heavy atom. The van der Waals surface area contributed by atoms with Gasteiger partial charge < -0.3 is 9.47 Å². The zero-order valence-electron chi connectivity index (χ0n) is 9.26. The lowest BCUT2D eigenvalue weighted by molar-refractivity contribution is -0.153. The molecule has 0 aromatic carbocycles. The topological polar surface area (TPSA) is 64.6 Å². The predicted molar refractivity (Wildman–Crippen MR) is 62.0 cm³/mol. The average molecular weight is 278 g/mol. The Kier molecular flexibility index (Phi) is 4.27. The number of carbonyl (C=O) groups is 1. The van der Waals surface area contributed by atoms with E-state index in [1.165, 1.54) is 7.11 Å². The van der Waals surface area contributed by atoms with Crippen LogP contribution in [0.15, 0.2) is 0 Å². The van der Waals surface area contributed by atoms with Gasteiger partial charge in [0, 0.05) is 24.6 Å². The summed E-state index contributed by atoms with van der Waals surface area (Å²) in [6.45, 7) is 2.05. The summed E-state index contributed by atoms with van der Waals surface area (Å²) >= 11 is 7.08. The monoisotopic (exact) mass is 277 g/mol. The quantitative estimate of drug-likeness (QED) is 0.753. The molecule has 1 unspecified atom stereocenters. The van der Waals surface area contributed by atoms with Crippen molar-refractivity contribution in [2.24, 2.45) is 0 Å². The summed E-state index contributed by atoms with van der Waals surface area (Å²) in [6.07, 6.45) is 0. The number of ether oxygens (including phenoxy) is 2. The van der Waals surface area contributed by atoms with E-state index in [1.54, 1.807) is 0 Å². The molecule has 6 nitrogen and oxygen atoms in total. The number of rotatable bonds is 3. The van der Waals surface area contributed by atoms with Crippen LogP contribution < -0.4 is 0 Å². The van der Waals surface area contributed by atoms with E-state index in [2.05, 4.69) is 9.59 Å². The van der Waals surface area contributed by atoms with Crippen LogP contribution in [-0.2, 0) is 20.8 Å². The Labute approximate surface area is 108 Å². The molecule has 2 rings (SSSR count). The van der Waals surface area contributed by atoms with E-state index >= 15 is 0 Å². The molecule has 1 aromatic rings. The van der Waals surface area contributed by atoms with Crippen LogP contribution in [0, 0.1) is 0 Å². The fraction of sp³-hybridized carbons (Fsp3) is 0.667. The number of carbonyl (C=O) groups excluding carboxylic acids is 1. The highest BCUT2D eigenvalue weighted by Gasteiger charge is 2.31. The molecule has 2 heterocycles. The number of morpholine rings is 1. The summed E-state index contributed by atoms with van der Waals surface area (Å²) in [5.74, 6) is -0.302. The molecule has 0 radical (unpaired) electrons. The fourth-order valence-corrected chi connectivity index (χ4v) is 2.28. The molecule has 0 bridgehead atoms. The molecule has 0 N–H and O–H groups in total. The lowest BCUT2D eigenvalue weighted by atomic mass is 10.2. The molecule has 17 heavy (non-hydrogen) atoms. The van der Waals surface area contributed by atoms with Gasteiger partial charge in [-0.3, -0.25) is 9.69 Å². The van der Waals surface area contributed by atoms with Crippen LogP contribution >= 0.6 is 23.1 Å². The Balaban J connectivity index is 2.06. The van der Waals surface area contributed by atoms with Gasteiger partial charge in [-0.1, -0.05) is 16.1 Å². The summed E-state index contributed by atoms with van der Waals surface area (Å²) in [7, 11) is 1.37. The summed E-state index contributed by atoms with van der Waals surface area (Å²) < 4.78 is 14.3. The third-order valence-corrected chi connectivity index (χ3v) is 3.56. The second kappa shape index (κ2) is 5.72. The normalized spacial score (nSPS) is 21.4. The largest absolute Gasteiger partial charge is 0.468 e. The SMILES string of the molecule is COC(=O)C1COCCN1Cc1nnsc1Cl. The maximum atomic E-state index is 11.6. The summed E-state index contributed by atoms with van der Waals surface area (Å²) in [6, 6.07) is -0.397. The zero-order chi connectivity index (χ0) is 12.3. The second-order valence-electron chi connectivity index (χ2n) is 3.58. The van der Waals surface area contributed by atoms with Gasteiger partial charge in [0.25, 0.3) is 0 Å². The standard InChI is InChI=1S/C9H12ClN3O3S/c1-15-9(14)7-5-16-3-2-13(7)4-6-8(10)17-12-11-6/h7H,2-5H2,1H3. The molecule has 0 spiro atoms. The number of methoxy groups -OCH3 is 1. The Morgan fingerprint density at radius 3 is 3.24 bits per heavy atom. The molecular weight excluding hydrogens is 266 g/mol. The maximum Gasteiger partial charge on any atom is 0.325 e. The van der Waals surface area contributed by atoms with Gasteiger partial charge >= 0.3 is 5.97 Å². The number of aromatic nitrogens is 2. The molecule has 1 aromatic heterocycles. The molecule has 8 heteroatoms. The molecule has 1 fully saturated rings. The summed E-state index contributed by atoms with van der Waals surface area (Å²) in [4.78, 5) is 13.5. The van der Waals surface area contributed by atoms with Crippen LogP contribution in [0.3, 0.4) is 0 Å². The van der Waals surface area contributed by atoms with Gasteiger partial charge in [-0.25, -0.2) is 0 Å². The molecule has 1 atom stereocenters. The van der Waals surface area contributed by atoms with Crippen molar-refractivity contribution < 1.29 is 14.3 Å². The van der Waals surface area contributed by atoms with Gasteiger partial charge in [-0.2, -0.15) is 0 Å². The first-order chi connectivity index (χ1) is 8.22. The van der Waals surface area contributed by atoms with Crippen molar-refractivity contribution in [3.63, 3.8) is 0 Å². The van der Waals surface area contributed by atoms with Crippen molar-refractivity contribution in [1.29, 1.82) is 0 Å². The number of hydrogen-bond donors (Lipinski definition) is 0. The molecular formula is C9H12ClN3O3S. The minimum Gasteiger partial charge on any atom is -0.468 e.